The van der Waals surface area contributed by atoms with Crippen LogP contribution in [0.3, 0.4) is 0 Å². The van der Waals surface area contributed by atoms with Crippen LogP contribution in [0.25, 0.3) is 11.1 Å². The molecule has 2 amide bonds. The summed E-state index contributed by atoms with van der Waals surface area (Å²) in [7, 11) is 0. The van der Waals surface area contributed by atoms with Gasteiger partial charge in [0.25, 0.3) is 5.91 Å². The van der Waals surface area contributed by atoms with Crippen molar-refractivity contribution in [1.82, 2.24) is 0 Å². The highest BCUT2D eigenvalue weighted by Gasteiger charge is 2.10. The summed E-state index contributed by atoms with van der Waals surface area (Å²) in [6.45, 7) is 0. The van der Waals surface area contributed by atoms with E-state index in [-0.39, 0.29) is 17.2 Å². The maximum Gasteiger partial charge on any atom is 0.252 e. The monoisotopic (exact) mass is 346 g/mol. The van der Waals surface area contributed by atoms with Crippen LogP contribution in [-0.4, -0.2) is 16.9 Å². The van der Waals surface area contributed by atoms with Gasteiger partial charge in [-0.05, 0) is 41.0 Å². The topological polar surface area (TPSA) is 92.4 Å². The Hall–Kier alpha value is -3.60. The summed E-state index contributed by atoms with van der Waals surface area (Å²) < 4.78 is 0. The lowest BCUT2D eigenvalue weighted by molar-refractivity contribution is -0.115. The minimum Gasteiger partial charge on any atom is -0.507 e. The average Bonchev–Trinajstić information content (AvgIpc) is 2.62. The normalized spacial score (nSPS) is 10.3. The molecule has 4 N–H and O–H groups in total. The zero-order valence-corrected chi connectivity index (χ0v) is 14.0. The molecule has 130 valence electrons. The average molecular weight is 346 g/mol. The number of carbonyl (C=O) groups is 2. The zero-order chi connectivity index (χ0) is 18.5. The predicted molar refractivity (Wildman–Crippen MR) is 101 cm³/mol. The Labute approximate surface area is 151 Å². The first-order valence-electron chi connectivity index (χ1n) is 8.10. The van der Waals surface area contributed by atoms with Gasteiger partial charge in [-0.25, -0.2) is 0 Å². The highest BCUT2D eigenvalue weighted by Crippen LogP contribution is 2.28. The number of hydrogen-bond acceptors (Lipinski definition) is 3. The molecule has 0 aliphatic rings. The van der Waals surface area contributed by atoms with Gasteiger partial charge in [0.15, 0.2) is 0 Å². The second kappa shape index (κ2) is 7.53. The summed E-state index contributed by atoms with van der Waals surface area (Å²) in [4.78, 5) is 23.4. The Morgan fingerprint density at radius 3 is 2.31 bits per heavy atom. The van der Waals surface area contributed by atoms with Gasteiger partial charge in [-0.1, -0.05) is 48.5 Å². The smallest absolute Gasteiger partial charge is 0.252 e. The van der Waals surface area contributed by atoms with Gasteiger partial charge in [0, 0.05) is 5.69 Å². The molecule has 0 saturated carbocycles. The number of aromatic hydroxyl groups is 1. The Kier molecular flexibility index (Phi) is 4.99. The molecule has 3 aromatic carbocycles. The molecule has 0 saturated heterocycles. The number of carbonyl (C=O) groups excluding carboxylic acids is 2. The van der Waals surface area contributed by atoms with Crippen LogP contribution in [0.15, 0.2) is 72.8 Å². The number of rotatable bonds is 5. The number of nitrogens with one attached hydrogen (secondary N) is 1. The fourth-order valence-electron chi connectivity index (χ4n) is 2.68. The van der Waals surface area contributed by atoms with Crippen LogP contribution < -0.4 is 11.1 Å². The fraction of sp³-hybridized carbons (Fsp3) is 0.0476. The van der Waals surface area contributed by atoms with E-state index in [0.29, 0.717) is 17.7 Å². The first kappa shape index (κ1) is 17.2. The van der Waals surface area contributed by atoms with E-state index < -0.39 is 5.91 Å². The van der Waals surface area contributed by atoms with Crippen molar-refractivity contribution in [2.45, 2.75) is 6.42 Å². The lowest BCUT2D eigenvalue weighted by atomic mass is 10.0. The van der Waals surface area contributed by atoms with E-state index in [2.05, 4.69) is 5.32 Å². The number of nitrogens with two attached hydrogens (primary N) is 1. The molecule has 0 atom stereocenters. The maximum atomic E-state index is 12.2. The summed E-state index contributed by atoms with van der Waals surface area (Å²) in [5.74, 6) is -0.968. The number of amides is 2. The van der Waals surface area contributed by atoms with Gasteiger partial charge in [0.2, 0.25) is 5.91 Å². The maximum absolute atomic E-state index is 12.2. The van der Waals surface area contributed by atoms with Gasteiger partial charge in [-0.3, -0.25) is 9.59 Å². The van der Waals surface area contributed by atoms with Gasteiger partial charge in [0.1, 0.15) is 5.75 Å². The molecule has 5 heteroatoms. The third-order valence-corrected chi connectivity index (χ3v) is 3.95. The first-order valence-corrected chi connectivity index (χ1v) is 8.10. The number of anilines is 1. The first-order chi connectivity index (χ1) is 12.5. The van der Waals surface area contributed by atoms with Crippen LogP contribution in [0.1, 0.15) is 15.9 Å². The van der Waals surface area contributed by atoms with Gasteiger partial charge in [0.05, 0.1) is 12.0 Å². The van der Waals surface area contributed by atoms with E-state index in [1.807, 2.05) is 48.5 Å². The Morgan fingerprint density at radius 2 is 1.62 bits per heavy atom. The minimum absolute atomic E-state index is 0.0704. The summed E-state index contributed by atoms with van der Waals surface area (Å²) in [6.07, 6.45) is 0.291. The van der Waals surface area contributed by atoms with Gasteiger partial charge < -0.3 is 16.2 Å². The predicted octanol–water partition coefficient (Wildman–Crippen LogP) is 3.34. The van der Waals surface area contributed by atoms with Crippen LogP contribution >= 0.6 is 0 Å². The lowest BCUT2D eigenvalue weighted by Gasteiger charge is -2.09. The van der Waals surface area contributed by atoms with E-state index in [1.54, 1.807) is 12.1 Å². The molecule has 3 aromatic rings. The van der Waals surface area contributed by atoms with Crippen molar-refractivity contribution in [3.8, 4) is 16.9 Å². The minimum atomic E-state index is -0.684. The van der Waals surface area contributed by atoms with Crippen LogP contribution in [0.2, 0.25) is 0 Å². The molecule has 0 fully saturated rings. The van der Waals surface area contributed by atoms with Crippen LogP contribution in [0.4, 0.5) is 5.69 Å². The Balaban J connectivity index is 1.77. The molecule has 0 spiro atoms. The summed E-state index contributed by atoms with van der Waals surface area (Å²) in [5.41, 5.74) is 8.38. The third kappa shape index (κ3) is 4.08. The summed E-state index contributed by atoms with van der Waals surface area (Å²) >= 11 is 0. The van der Waals surface area contributed by atoms with E-state index in [4.69, 9.17) is 5.73 Å². The van der Waals surface area contributed by atoms with E-state index in [9.17, 15) is 14.7 Å². The largest absolute Gasteiger partial charge is 0.507 e. The van der Waals surface area contributed by atoms with Gasteiger partial charge >= 0.3 is 0 Å². The lowest BCUT2D eigenvalue weighted by Crippen LogP contribution is -2.14. The second-order valence-corrected chi connectivity index (χ2v) is 5.89. The zero-order valence-electron chi connectivity index (χ0n) is 14.0. The van der Waals surface area contributed by atoms with Crippen molar-refractivity contribution in [2.75, 3.05) is 5.32 Å². The van der Waals surface area contributed by atoms with Crippen molar-refractivity contribution < 1.29 is 14.7 Å². The molecule has 0 aliphatic carbocycles. The molecule has 3 rings (SSSR count). The van der Waals surface area contributed by atoms with Gasteiger partial charge in [-0.2, -0.15) is 0 Å². The van der Waals surface area contributed by atoms with Crippen molar-refractivity contribution in [3.63, 3.8) is 0 Å². The molecule has 26 heavy (non-hydrogen) atoms. The van der Waals surface area contributed by atoms with E-state index in [1.165, 1.54) is 12.1 Å². The van der Waals surface area contributed by atoms with Crippen LogP contribution in [0, 0.1) is 0 Å². The van der Waals surface area contributed by atoms with Crippen LogP contribution in [-0.2, 0) is 11.2 Å². The van der Waals surface area contributed by atoms with Crippen molar-refractivity contribution >= 4 is 17.5 Å². The molecule has 0 heterocycles. The standard InChI is InChI=1S/C21H18N2O3/c22-21(26)18-10-9-16(13-19(18)24)15-7-4-8-17(12-15)23-20(25)11-14-5-2-1-3-6-14/h1-10,12-13,24H,11H2,(H2,22,26)(H,23,25). The van der Waals surface area contributed by atoms with Crippen molar-refractivity contribution in [1.29, 1.82) is 0 Å². The molecule has 0 aliphatic heterocycles. The Morgan fingerprint density at radius 1 is 0.885 bits per heavy atom. The molecule has 0 unspecified atom stereocenters. The molecule has 0 aromatic heterocycles. The van der Waals surface area contributed by atoms with Crippen molar-refractivity contribution in [2.24, 2.45) is 5.73 Å². The molecule has 0 radical (unpaired) electrons. The number of hydrogen-bond donors (Lipinski definition) is 3. The van der Waals surface area contributed by atoms with E-state index >= 15 is 0 Å². The summed E-state index contributed by atoms with van der Waals surface area (Å²) in [6, 6.07) is 21.4. The molecule has 0 bridgehead atoms. The SMILES string of the molecule is NC(=O)c1ccc(-c2cccc(NC(=O)Cc3ccccc3)c2)cc1O. The number of benzene rings is 3. The van der Waals surface area contributed by atoms with Crippen molar-refractivity contribution in [3.05, 3.63) is 83.9 Å². The van der Waals surface area contributed by atoms with Crippen LogP contribution in [0.5, 0.6) is 5.75 Å². The molecular weight excluding hydrogens is 328 g/mol. The summed E-state index contributed by atoms with van der Waals surface area (Å²) in [5, 5.41) is 12.8. The van der Waals surface area contributed by atoms with E-state index in [0.717, 1.165) is 11.1 Å². The quantitative estimate of drug-likeness (QED) is 0.661. The Bertz CT molecular complexity index is 952. The fourth-order valence-corrected chi connectivity index (χ4v) is 2.68. The molecular formula is C21H18N2O3. The number of phenols is 1. The number of primary amides is 1. The highest BCUT2D eigenvalue weighted by molar-refractivity contribution is 5.96. The molecule has 5 nitrogen and oxygen atoms in total. The third-order valence-electron chi connectivity index (χ3n) is 3.95. The highest BCUT2D eigenvalue weighted by atomic mass is 16.3. The van der Waals surface area contributed by atoms with Gasteiger partial charge in [-0.15, -0.1) is 0 Å². The second-order valence-electron chi connectivity index (χ2n) is 5.89.